The number of rotatable bonds is 2. The first-order chi connectivity index (χ1) is 7.71. The number of nitro groups is 1. The van der Waals surface area contributed by atoms with Crippen LogP contribution in [0.2, 0.25) is 0 Å². The van der Waals surface area contributed by atoms with Crippen molar-refractivity contribution in [3.8, 4) is 5.75 Å². The Bertz CT molecular complexity index is 461. The van der Waals surface area contributed by atoms with Crippen molar-refractivity contribution in [2.45, 2.75) is 26.2 Å². The molecule has 0 radical (unpaired) electrons. The fraction of sp³-hybridized carbons (Fsp3) is 0.364. The highest BCUT2D eigenvalue weighted by atomic mass is 16.7. The van der Waals surface area contributed by atoms with E-state index in [0.29, 0.717) is 5.56 Å². The number of nitro benzene ring substituents is 1. The lowest BCUT2D eigenvalue weighted by Gasteiger charge is -2.21. The Balaban J connectivity index is 3.31. The molecule has 1 rings (SSSR count). The van der Waals surface area contributed by atoms with Crippen LogP contribution >= 0.6 is 0 Å². The molecule has 0 saturated carbocycles. The van der Waals surface area contributed by atoms with Crippen LogP contribution in [0.25, 0.3) is 0 Å². The van der Waals surface area contributed by atoms with E-state index in [4.69, 9.17) is 5.11 Å². The smallest absolute Gasteiger partial charge is 0.449 e. The average molecular weight is 239 g/mol. The molecule has 0 fully saturated rings. The lowest BCUT2D eigenvalue weighted by molar-refractivity contribution is -0.385. The van der Waals surface area contributed by atoms with Gasteiger partial charge < -0.3 is 9.84 Å². The van der Waals surface area contributed by atoms with Crippen molar-refractivity contribution < 1.29 is 19.6 Å². The standard InChI is InChI=1S/C11H13NO5/c1-11(2,3)8-6-7(12(15)16)4-5-9(8)17-10(13)14/h4-6H,1-3H3,(H,13,14). The highest BCUT2D eigenvalue weighted by Crippen LogP contribution is 2.34. The van der Waals surface area contributed by atoms with E-state index in [-0.39, 0.29) is 11.4 Å². The number of hydrogen-bond donors (Lipinski definition) is 1. The van der Waals surface area contributed by atoms with Gasteiger partial charge in [0, 0.05) is 17.7 Å². The van der Waals surface area contributed by atoms with Gasteiger partial charge in [0.25, 0.3) is 5.69 Å². The molecular weight excluding hydrogens is 226 g/mol. The minimum atomic E-state index is -1.44. The number of non-ortho nitro benzene ring substituents is 1. The molecule has 0 amide bonds. The zero-order valence-corrected chi connectivity index (χ0v) is 9.76. The Labute approximate surface area is 98.0 Å². The quantitative estimate of drug-likeness (QED) is 0.371. The van der Waals surface area contributed by atoms with Crippen LogP contribution in [0.1, 0.15) is 26.3 Å². The molecule has 0 spiro atoms. The van der Waals surface area contributed by atoms with Gasteiger partial charge in [-0.15, -0.1) is 0 Å². The van der Waals surface area contributed by atoms with E-state index in [1.54, 1.807) is 0 Å². The van der Waals surface area contributed by atoms with Gasteiger partial charge in [0.1, 0.15) is 5.75 Å². The number of carbonyl (C=O) groups is 1. The van der Waals surface area contributed by atoms with Crippen molar-refractivity contribution in [1.82, 2.24) is 0 Å². The van der Waals surface area contributed by atoms with Crippen LogP contribution in [-0.4, -0.2) is 16.2 Å². The predicted octanol–water partition coefficient (Wildman–Crippen LogP) is 2.95. The molecule has 0 aliphatic heterocycles. The van der Waals surface area contributed by atoms with E-state index in [9.17, 15) is 14.9 Å². The van der Waals surface area contributed by atoms with E-state index >= 15 is 0 Å². The van der Waals surface area contributed by atoms with Crippen LogP contribution in [0.15, 0.2) is 18.2 Å². The first-order valence-corrected chi connectivity index (χ1v) is 4.91. The molecule has 1 aromatic carbocycles. The van der Waals surface area contributed by atoms with Crippen LogP contribution < -0.4 is 4.74 Å². The zero-order valence-electron chi connectivity index (χ0n) is 9.76. The Kier molecular flexibility index (Phi) is 3.36. The summed E-state index contributed by atoms with van der Waals surface area (Å²) >= 11 is 0. The van der Waals surface area contributed by atoms with Gasteiger partial charge in [0.05, 0.1) is 4.92 Å². The first-order valence-electron chi connectivity index (χ1n) is 4.91. The van der Waals surface area contributed by atoms with Crippen molar-refractivity contribution in [3.63, 3.8) is 0 Å². The molecule has 1 aromatic rings. The van der Waals surface area contributed by atoms with Gasteiger partial charge >= 0.3 is 6.16 Å². The van der Waals surface area contributed by atoms with E-state index in [0.717, 1.165) is 0 Å². The Morgan fingerprint density at radius 3 is 2.41 bits per heavy atom. The highest BCUT2D eigenvalue weighted by molar-refractivity contribution is 5.63. The SMILES string of the molecule is CC(C)(C)c1cc([N+](=O)[O-])ccc1OC(=O)O. The second kappa shape index (κ2) is 4.40. The molecule has 17 heavy (non-hydrogen) atoms. The van der Waals surface area contributed by atoms with E-state index in [1.807, 2.05) is 20.8 Å². The van der Waals surface area contributed by atoms with Gasteiger partial charge in [-0.3, -0.25) is 10.1 Å². The molecule has 0 heterocycles. The van der Waals surface area contributed by atoms with Crippen LogP contribution in [0.3, 0.4) is 0 Å². The first kappa shape index (κ1) is 13.0. The Morgan fingerprint density at radius 1 is 1.41 bits per heavy atom. The minimum absolute atomic E-state index is 0.0901. The molecule has 0 atom stereocenters. The van der Waals surface area contributed by atoms with Gasteiger partial charge in [-0.05, 0) is 11.5 Å². The van der Waals surface area contributed by atoms with Gasteiger partial charge in [-0.25, -0.2) is 4.79 Å². The summed E-state index contributed by atoms with van der Waals surface area (Å²) in [5.74, 6) is 0.121. The topological polar surface area (TPSA) is 89.7 Å². The third-order valence-electron chi connectivity index (χ3n) is 2.18. The molecule has 92 valence electrons. The van der Waals surface area contributed by atoms with Crippen LogP contribution in [0, 0.1) is 10.1 Å². The molecule has 0 aliphatic carbocycles. The van der Waals surface area contributed by atoms with Gasteiger partial charge in [-0.2, -0.15) is 0 Å². The number of hydrogen-bond acceptors (Lipinski definition) is 4. The van der Waals surface area contributed by atoms with Gasteiger partial charge in [0.2, 0.25) is 0 Å². The predicted molar refractivity (Wildman–Crippen MR) is 60.4 cm³/mol. The van der Waals surface area contributed by atoms with E-state index < -0.39 is 16.5 Å². The maximum absolute atomic E-state index is 10.7. The molecule has 1 N–H and O–H groups in total. The van der Waals surface area contributed by atoms with Gasteiger partial charge in [0.15, 0.2) is 0 Å². The fourth-order valence-electron chi connectivity index (χ4n) is 1.40. The van der Waals surface area contributed by atoms with E-state index in [2.05, 4.69) is 4.74 Å². The van der Waals surface area contributed by atoms with Crippen LogP contribution in [0.5, 0.6) is 5.75 Å². The number of benzene rings is 1. The normalized spacial score (nSPS) is 11.0. The van der Waals surface area contributed by atoms with Crippen molar-refractivity contribution in [2.75, 3.05) is 0 Å². The highest BCUT2D eigenvalue weighted by Gasteiger charge is 2.23. The maximum Gasteiger partial charge on any atom is 0.511 e. The summed E-state index contributed by atoms with van der Waals surface area (Å²) < 4.78 is 4.60. The van der Waals surface area contributed by atoms with E-state index in [1.165, 1.54) is 18.2 Å². The molecule has 0 unspecified atom stereocenters. The minimum Gasteiger partial charge on any atom is -0.449 e. The largest absolute Gasteiger partial charge is 0.511 e. The molecule has 0 aromatic heterocycles. The molecule has 6 nitrogen and oxygen atoms in total. The summed E-state index contributed by atoms with van der Waals surface area (Å²) in [6.45, 7) is 5.46. The molecule has 0 aliphatic rings. The zero-order chi connectivity index (χ0) is 13.2. The van der Waals surface area contributed by atoms with Crippen molar-refractivity contribution in [3.05, 3.63) is 33.9 Å². The molecule has 6 heteroatoms. The van der Waals surface area contributed by atoms with Crippen LogP contribution in [-0.2, 0) is 5.41 Å². The third-order valence-corrected chi connectivity index (χ3v) is 2.18. The second-order valence-electron chi connectivity index (χ2n) is 4.56. The monoisotopic (exact) mass is 239 g/mol. The summed E-state index contributed by atoms with van der Waals surface area (Å²) in [6.07, 6.45) is -1.44. The number of nitrogens with zero attached hydrogens (tertiary/aromatic N) is 1. The number of carboxylic acid groups (broad SMARTS) is 1. The van der Waals surface area contributed by atoms with Crippen molar-refractivity contribution >= 4 is 11.8 Å². The average Bonchev–Trinajstić information content (AvgIpc) is 2.15. The summed E-state index contributed by atoms with van der Waals surface area (Å²) in [4.78, 5) is 20.6. The van der Waals surface area contributed by atoms with Crippen LogP contribution in [0.4, 0.5) is 10.5 Å². The van der Waals surface area contributed by atoms with Crippen molar-refractivity contribution in [2.24, 2.45) is 0 Å². The van der Waals surface area contributed by atoms with Gasteiger partial charge in [-0.1, -0.05) is 20.8 Å². The fourth-order valence-corrected chi connectivity index (χ4v) is 1.40. The summed E-state index contributed by atoms with van der Waals surface area (Å²) in [5.41, 5.74) is -0.0571. The van der Waals surface area contributed by atoms with Crippen molar-refractivity contribution in [1.29, 1.82) is 0 Å². The third kappa shape index (κ3) is 3.17. The maximum atomic E-state index is 10.7. The Morgan fingerprint density at radius 2 is 2.00 bits per heavy atom. The summed E-state index contributed by atoms with van der Waals surface area (Å²) in [6, 6.07) is 3.85. The Hall–Kier alpha value is -2.11. The lowest BCUT2D eigenvalue weighted by atomic mass is 9.86. The molecule has 0 bridgehead atoms. The molecular formula is C11H13NO5. The lowest BCUT2D eigenvalue weighted by Crippen LogP contribution is -2.15. The second-order valence-corrected chi connectivity index (χ2v) is 4.56. The molecule has 0 saturated heterocycles. The number of ether oxygens (including phenoxy) is 1. The summed E-state index contributed by atoms with van der Waals surface area (Å²) in [7, 11) is 0. The summed E-state index contributed by atoms with van der Waals surface area (Å²) in [5, 5.41) is 19.2.